The lowest BCUT2D eigenvalue weighted by Gasteiger charge is -2.26. The van der Waals surface area contributed by atoms with E-state index in [-0.39, 0.29) is 11.2 Å². The summed E-state index contributed by atoms with van der Waals surface area (Å²) < 4.78 is 0. The molecular weight excluding hydrogens is 238 g/mol. The molecule has 0 aliphatic heterocycles. The number of aromatic amines is 1. The second-order valence-electron chi connectivity index (χ2n) is 5.20. The third-order valence-electron chi connectivity index (χ3n) is 3.63. The van der Waals surface area contributed by atoms with E-state index in [2.05, 4.69) is 35.3 Å². The molecule has 0 saturated heterocycles. The molecule has 0 saturated carbocycles. The summed E-state index contributed by atoms with van der Waals surface area (Å²) in [5.41, 5.74) is 3.89. The molecular formula is C15H15N3O. The van der Waals surface area contributed by atoms with Crippen LogP contribution in [0.15, 0.2) is 42.5 Å². The van der Waals surface area contributed by atoms with Gasteiger partial charge in [-0.2, -0.15) is 15.4 Å². The molecule has 3 rings (SSSR count). The fourth-order valence-electron chi connectivity index (χ4n) is 2.27. The van der Waals surface area contributed by atoms with E-state index >= 15 is 0 Å². The van der Waals surface area contributed by atoms with E-state index in [1.807, 2.05) is 24.3 Å². The maximum absolute atomic E-state index is 9.38. The molecule has 1 heterocycles. The first-order valence-electron chi connectivity index (χ1n) is 6.18. The lowest BCUT2D eigenvalue weighted by molar-refractivity contribution is 0.474. The van der Waals surface area contributed by atoms with Crippen LogP contribution in [0.5, 0.6) is 5.75 Å². The first kappa shape index (κ1) is 11.7. The number of rotatable bonds is 2. The summed E-state index contributed by atoms with van der Waals surface area (Å²) in [4.78, 5) is 0. The summed E-state index contributed by atoms with van der Waals surface area (Å²) in [5.74, 6) is 0.284. The van der Waals surface area contributed by atoms with Gasteiger partial charge in [-0.3, -0.25) is 0 Å². The van der Waals surface area contributed by atoms with Crippen LogP contribution >= 0.6 is 0 Å². The number of phenolic OH excluding ortho intramolecular Hbond substituents is 1. The highest BCUT2D eigenvalue weighted by Gasteiger charge is 2.23. The number of aromatic hydroxyl groups is 1. The predicted molar refractivity (Wildman–Crippen MR) is 74.1 cm³/mol. The number of fused-ring (bicyclic) bond motifs is 1. The van der Waals surface area contributed by atoms with Crippen LogP contribution in [0.1, 0.15) is 25.0 Å². The van der Waals surface area contributed by atoms with Crippen molar-refractivity contribution in [3.8, 4) is 5.75 Å². The topological polar surface area (TPSA) is 61.8 Å². The van der Waals surface area contributed by atoms with E-state index in [9.17, 15) is 5.11 Å². The molecule has 4 nitrogen and oxygen atoms in total. The van der Waals surface area contributed by atoms with E-state index in [1.165, 1.54) is 5.56 Å². The molecule has 0 bridgehead atoms. The van der Waals surface area contributed by atoms with Gasteiger partial charge in [0, 0.05) is 5.41 Å². The summed E-state index contributed by atoms with van der Waals surface area (Å²) >= 11 is 0. The Balaban J connectivity index is 2.09. The Hall–Kier alpha value is -2.36. The number of aromatic nitrogens is 3. The minimum absolute atomic E-state index is 0.152. The first-order chi connectivity index (χ1) is 9.07. The molecule has 0 atom stereocenters. The fourth-order valence-corrected chi connectivity index (χ4v) is 2.27. The molecule has 19 heavy (non-hydrogen) atoms. The van der Waals surface area contributed by atoms with Crippen molar-refractivity contribution in [2.75, 3.05) is 0 Å². The molecule has 0 aliphatic rings. The van der Waals surface area contributed by atoms with Crippen LogP contribution in [0.4, 0.5) is 0 Å². The zero-order valence-electron chi connectivity index (χ0n) is 10.9. The third-order valence-corrected chi connectivity index (χ3v) is 3.63. The number of benzene rings is 2. The smallest absolute Gasteiger partial charge is 0.115 e. The highest BCUT2D eigenvalue weighted by molar-refractivity contribution is 5.74. The molecule has 0 spiro atoms. The lowest BCUT2D eigenvalue weighted by Crippen LogP contribution is -2.18. The Morgan fingerprint density at radius 3 is 2.26 bits per heavy atom. The minimum Gasteiger partial charge on any atom is -0.508 e. The summed E-state index contributed by atoms with van der Waals surface area (Å²) in [6.45, 7) is 4.31. The van der Waals surface area contributed by atoms with Gasteiger partial charge in [-0.25, -0.2) is 0 Å². The van der Waals surface area contributed by atoms with Crippen LogP contribution in [0.3, 0.4) is 0 Å². The van der Waals surface area contributed by atoms with E-state index in [0.717, 1.165) is 16.6 Å². The zero-order chi connectivity index (χ0) is 13.5. The van der Waals surface area contributed by atoms with Crippen molar-refractivity contribution in [2.24, 2.45) is 0 Å². The van der Waals surface area contributed by atoms with Gasteiger partial charge in [0.15, 0.2) is 0 Å². The lowest BCUT2D eigenvalue weighted by atomic mass is 9.78. The van der Waals surface area contributed by atoms with Gasteiger partial charge in [-0.05, 0) is 35.4 Å². The van der Waals surface area contributed by atoms with Crippen LogP contribution in [-0.4, -0.2) is 20.5 Å². The molecule has 2 aromatic carbocycles. The Kier molecular flexibility index (Phi) is 2.52. The Bertz CT molecular complexity index is 714. The summed E-state index contributed by atoms with van der Waals surface area (Å²) in [6.07, 6.45) is 0. The number of nitrogens with one attached hydrogen (secondary N) is 1. The molecule has 0 radical (unpaired) electrons. The van der Waals surface area contributed by atoms with E-state index in [0.29, 0.717) is 0 Å². The molecule has 96 valence electrons. The Morgan fingerprint density at radius 1 is 0.895 bits per heavy atom. The summed E-state index contributed by atoms with van der Waals surface area (Å²) in [5, 5.41) is 20.2. The van der Waals surface area contributed by atoms with Crippen LogP contribution in [-0.2, 0) is 5.41 Å². The minimum atomic E-state index is -0.152. The molecule has 3 aromatic rings. The second-order valence-corrected chi connectivity index (χ2v) is 5.20. The summed E-state index contributed by atoms with van der Waals surface area (Å²) in [6, 6.07) is 13.4. The number of H-pyrrole nitrogens is 1. The molecule has 1 aromatic heterocycles. The van der Waals surface area contributed by atoms with Gasteiger partial charge in [-0.15, -0.1) is 0 Å². The largest absolute Gasteiger partial charge is 0.508 e. The highest BCUT2D eigenvalue weighted by atomic mass is 16.3. The van der Waals surface area contributed by atoms with Crippen molar-refractivity contribution < 1.29 is 5.11 Å². The van der Waals surface area contributed by atoms with Gasteiger partial charge in [0.1, 0.15) is 16.8 Å². The SMILES string of the molecule is CC(C)(c1ccc(O)cc1)c1ccc2n[nH]nc2c1. The van der Waals surface area contributed by atoms with Gasteiger partial charge in [0.25, 0.3) is 0 Å². The van der Waals surface area contributed by atoms with E-state index in [1.54, 1.807) is 12.1 Å². The quantitative estimate of drug-likeness (QED) is 0.738. The number of hydrogen-bond donors (Lipinski definition) is 2. The average Bonchev–Trinajstić information content (AvgIpc) is 2.86. The Morgan fingerprint density at radius 2 is 1.53 bits per heavy atom. The molecule has 0 aliphatic carbocycles. The van der Waals surface area contributed by atoms with Crippen LogP contribution in [0.2, 0.25) is 0 Å². The molecule has 2 N–H and O–H groups in total. The monoisotopic (exact) mass is 253 g/mol. The van der Waals surface area contributed by atoms with Crippen molar-refractivity contribution in [1.82, 2.24) is 15.4 Å². The van der Waals surface area contributed by atoms with Crippen molar-refractivity contribution in [1.29, 1.82) is 0 Å². The average molecular weight is 253 g/mol. The van der Waals surface area contributed by atoms with Crippen molar-refractivity contribution >= 4 is 11.0 Å². The van der Waals surface area contributed by atoms with Gasteiger partial charge in [0.05, 0.1) is 0 Å². The van der Waals surface area contributed by atoms with Crippen molar-refractivity contribution in [3.63, 3.8) is 0 Å². The van der Waals surface area contributed by atoms with Gasteiger partial charge in [0.2, 0.25) is 0 Å². The predicted octanol–water partition coefficient (Wildman–Crippen LogP) is 2.99. The zero-order valence-corrected chi connectivity index (χ0v) is 10.9. The Labute approximate surface area is 111 Å². The second kappa shape index (κ2) is 4.09. The molecule has 0 amide bonds. The van der Waals surface area contributed by atoms with Gasteiger partial charge in [-0.1, -0.05) is 32.0 Å². The van der Waals surface area contributed by atoms with Crippen molar-refractivity contribution in [3.05, 3.63) is 53.6 Å². The maximum Gasteiger partial charge on any atom is 0.115 e. The van der Waals surface area contributed by atoms with Crippen LogP contribution < -0.4 is 0 Å². The van der Waals surface area contributed by atoms with E-state index in [4.69, 9.17) is 0 Å². The summed E-state index contributed by atoms with van der Waals surface area (Å²) in [7, 11) is 0. The van der Waals surface area contributed by atoms with Crippen LogP contribution in [0.25, 0.3) is 11.0 Å². The highest BCUT2D eigenvalue weighted by Crippen LogP contribution is 2.33. The molecule has 0 unspecified atom stereocenters. The standard InChI is InChI=1S/C15H15N3O/c1-15(2,10-3-6-12(19)7-4-10)11-5-8-13-14(9-11)17-18-16-13/h3-9,19H,1-2H3,(H,16,17,18). The van der Waals surface area contributed by atoms with E-state index < -0.39 is 0 Å². The number of phenols is 1. The maximum atomic E-state index is 9.38. The molecule has 0 fully saturated rings. The molecule has 4 heteroatoms. The number of hydrogen-bond acceptors (Lipinski definition) is 3. The van der Waals surface area contributed by atoms with Crippen molar-refractivity contribution in [2.45, 2.75) is 19.3 Å². The number of nitrogens with zero attached hydrogens (tertiary/aromatic N) is 2. The van der Waals surface area contributed by atoms with Gasteiger partial charge < -0.3 is 5.11 Å². The first-order valence-corrected chi connectivity index (χ1v) is 6.18. The fraction of sp³-hybridized carbons (Fsp3) is 0.200. The van der Waals surface area contributed by atoms with Gasteiger partial charge >= 0.3 is 0 Å². The normalized spacial score (nSPS) is 11.9. The van der Waals surface area contributed by atoms with Crippen LogP contribution in [0, 0.1) is 0 Å². The third kappa shape index (κ3) is 1.95.